The van der Waals surface area contributed by atoms with Gasteiger partial charge in [-0.25, -0.2) is 0 Å². The van der Waals surface area contributed by atoms with Crippen molar-refractivity contribution in [1.82, 2.24) is 4.90 Å². The Bertz CT molecular complexity index is 276. The normalized spacial score (nSPS) is 30.6. The Morgan fingerprint density at radius 1 is 1.60 bits per heavy atom. The lowest BCUT2D eigenvalue weighted by atomic mass is 9.90. The van der Waals surface area contributed by atoms with Crippen LogP contribution in [0.2, 0.25) is 0 Å². The molecule has 4 heteroatoms. The summed E-state index contributed by atoms with van der Waals surface area (Å²) in [4.78, 5) is 18.1. The molecule has 0 aromatic heterocycles. The average molecular weight is 210 g/mol. The van der Waals surface area contributed by atoms with Gasteiger partial charge in [0.15, 0.2) is 0 Å². The SMILES string of the molecule is CC(C)[C@H]1C2=NOC[C@H]2CCCN1C=O. The lowest BCUT2D eigenvalue weighted by Crippen LogP contribution is -2.44. The highest BCUT2D eigenvalue weighted by Gasteiger charge is 2.37. The van der Waals surface area contributed by atoms with Crippen molar-refractivity contribution in [2.75, 3.05) is 13.2 Å². The maximum absolute atomic E-state index is 11.0. The van der Waals surface area contributed by atoms with Gasteiger partial charge in [0, 0.05) is 12.5 Å². The summed E-state index contributed by atoms with van der Waals surface area (Å²) >= 11 is 0. The number of hydrogen-bond donors (Lipinski definition) is 0. The number of likely N-dealkylation sites (tertiary alicyclic amines) is 1. The summed E-state index contributed by atoms with van der Waals surface area (Å²) in [5, 5.41) is 4.13. The van der Waals surface area contributed by atoms with Gasteiger partial charge in [0.05, 0.1) is 11.8 Å². The van der Waals surface area contributed by atoms with Crippen LogP contribution in [0.5, 0.6) is 0 Å². The van der Waals surface area contributed by atoms with E-state index in [1.807, 2.05) is 4.90 Å². The van der Waals surface area contributed by atoms with Crippen LogP contribution >= 0.6 is 0 Å². The average Bonchev–Trinajstić information content (AvgIpc) is 2.57. The number of hydrogen-bond acceptors (Lipinski definition) is 3. The van der Waals surface area contributed by atoms with Gasteiger partial charge in [-0.15, -0.1) is 0 Å². The minimum absolute atomic E-state index is 0.137. The molecule has 0 bridgehead atoms. The second-order valence-electron chi connectivity index (χ2n) is 4.68. The van der Waals surface area contributed by atoms with E-state index in [2.05, 4.69) is 19.0 Å². The Kier molecular flexibility index (Phi) is 2.93. The molecule has 1 saturated heterocycles. The highest BCUT2D eigenvalue weighted by Crippen LogP contribution is 2.27. The predicted molar refractivity (Wildman–Crippen MR) is 57.5 cm³/mol. The van der Waals surface area contributed by atoms with E-state index in [1.54, 1.807) is 0 Å². The van der Waals surface area contributed by atoms with E-state index in [0.29, 0.717) is 18.4 Å². The van der Waals surface area contributed by atoms with E-state index in [4.69, 9.17) is 4.84 Å². The molecule has 0 aromatic rings. The molecule has 0 unspecified atom stereocenters. The minimum Gasteiger partial charge on any atom is -0.395 e. The van der Waals surface area contributed by atoms with Crippen LogP contribution in [0.15, 0.2) is 5.16 Å². The van der Waals surface area contributed by atoms with Crippen LogP contribution in [0, 0.1) is 11.8 Å². The van der Waals surface area contributed by atoms with Crippen LogP contribution in [0.4, 0.5) is 0 Å². The highest BCUT2D eigenvalue weighted by atomic mass is 16.6. The fourth-order valence-corrected chi connectivity index (χ4v) is 2.56. The number of fused-ring (bicyclic) bond motifs is 1. The first-order valence-electron chi connectivity index (χ1n) is 5.65. The van der Waals surface area contributed by atoms with Gasteiger partial charge in [-0.3, -0.25) is 4.79 Å². The largest absolute Gasteiger partial charge is 0.395 e. The van der Waals surface area contributed by atoms with Gasteiger partial charge in [-0.1, -0.05) is 19.0 Å². The van der Waals surface area contributed by atoms with Crippen LogP contribution in [0.1, 0.15) is 26.7 Å². The van der Waals surface area contributed by atoms with Crippen molar-refractivity contribution < 1.29 is 9.63 Å². The number of oxime groups is 1. The zero-order valence-electron chi connectivity index (χ0n) is 9.35. The third kappa shape index (κ3) is 1.85. The first-order chi connectivity index (χ1) is 7.24. The molecule has 0 saturated carbocycles. The smallest absolute Gasteiger partial charge is 0.210 e. The molecule has 1 amide bonds. The molecular weight excluding hydrogens is 192 g/mol. The Labute approximate surface area is 90.3 Å². The topological polar surface area (TPSA) is 41.9 Å². The van der Waals surface area contributed by atoms with Crippen LogP contribution < -0.4 is 0 Å². The fraction of sp³-hybridized carbons (Fsp3) is 0.818. The van der Waals surface area contributed by atoms with E-state index >= 15 is 0 Å². The van der Waals surface area contributed by atoms with Crippen molar-refractivity contribution in [3.05, 3.63) is 0 Å². The predicted octanol–water partition coefficient (Wildman–Crippen LogP) is 1.27. The number of carbonyl (C=O) groups excluding carboxylic acids is 1. The quantitative estimate of drug-likeness (QED) is 0.644. The number of amides is 1. The maximum Gasteiger partial charge on any atom is 0.210 e. The molecular formula is C11H18N2O2. The first kappa shape index (κ1) is 10.5. The summed E-state index contributed by atoms with van der Waals surface area (Å²) in [6.45, 7) is 5.81. The molecule has 84 valence electrons. The summed E-state index contributed by atoms with van der Waals surface area (Å²) in [6, 6.07) is 0.137. The summed E-state index contributed by atoms with van der Waals surface area (Å²) in [7, 11) is 0. The molecule has 2 atom stereocenters. The van der Waals surface area contributed by atoms with Crippen molar-refractivity contribution in [3.63, 3.8) is 0 Å². The number of carbonyl (C=O) groups is 1. The summed E-state index contributed by atoms with van der Waals surface area (Å²) in [5.41, 5.74) is 1.08. The molecule has 0 N–H and O–H groups in total. The van der Waals surface area contributed by atoms with E-state index in [-0.39, 0.29) is 6.04 Å². The minimum atomic E-state index is 0.137. The van der Waals surface area contributed by atoms with Crippen molar-refractivity contribution in [3.8, 4) is 0 Å². The van der Waals surface area contributed by atoms with Crippen molar-refractivity contribution in [1.29, 1.82) is 0 Å². The van der Waals surface area contributed by atoms with Crippen LogP contribution in [0.25, 0.3) is 0 Å². The second-order valence-corrected chi connectivity index (χ2v) is 4.68. The van der Waals surface area contributed by atoms with Gasteiger partial charge >= 0.3 is 0 Å². The summed E-state index contributed by atoms with van der Waals surface area (Å²) in [6.07, 6.45) is 3.09. The zero-order chi connectivity index (χ0) is 10.8. The first-order valence-corrected chi connectivity index (χ1v) is 5.65. The second kappa shape index (κ2) is 4.21. The third-order valence-corrected chi connectivity index (χ3v) is 3.26. The summed E-state index contributed by atoms with van der Waals surface area (Å²) < 4.78 is 0. The molecule has 2 aliphatic heterocycles. The van der Waals surface area contributed by atoms with Crippen molar-refractivity contribution >= 4 is 12.1 Å². The maximum atomic E-state index is 11.0. The van der Waals surface area contributed by atoms with Crippen molar-refractivity contribution in [2.45, 2.75) is 32.7 Å². The molecule has 0 spiro atoms. The van der Waals surface area contributed by atoms with Gasteiger partial charge in [-0.2, -0.15) is 0 Å². The summed E-state index contributed by atoms with van der Waals surface area (Å²) in [5.74, 6) is 0.832. The van der Waals surface area contributed by atoms with Gasteiger partial charge in [-0.05, 0) is 18.8 Å². The van der Waals surface area contributed by atoms with Gasteiger partial charge < -0.3 is 9.74 Å². The van der Waals surface area contributed by atoms with E-state index in [9.17, 15) is 4.79 Å². The van der Waals surface area contributed by atoms with Gasteiger partial charge in [0.25, 0.3) is 0 Å². The molecule has 2 aliphatic rings. The third-order valence-electron chi connectivity index (χ3n) is 3.26. The van der Waals surface area contributed by atoms with Crippen molar-refractivity contribution in [2.24, 2.45) is 17.0 Å². The molecule has 0 aliphatic carbocycles. The van der Waals surface area contributed by atoms with Crippen LogP contribution in [-0.2, 0) is 9.63 Å². The number of nitrogens with zero attached hydrogens (tertiary/aromatic N) is 2. The Morgan fingerprint density at radius 3 is 3.07 bits per heavy atom. The van der Waals surface area contributed by atoms with E-state index in [0.717, 1.165) is 31.5 Å². The Morgan fingerprint density at radius 2 is 2.40 bits per heavy atom. The highest BCUT2D eigenvalue weighted by molar-refractivity contribution is 5.94. The van der Waals surface area contributed by atoms with Gasteiger partial charge in [0.1, 0.15) is 6.61 Å². The monoisotopic (exact) mass is 210 g/mol. The Hall–Kier alpha value is -1.06. The lowest BCUT2D eigenvalue weighted by molar-refractivity contribution is -0.119. The molecule has 1 fully saturated rings. The molecule has 4 nitrogen and oxygen atoms in total. The van der Waals surface area contributed by atoms with E-state index in [1.165, 1.54) is 0 Å². The van der Waals surface area contributed by atoms with Crippen LogP contribution in [-0.4, -0.2) is 36.2 Å². The zero-order valence-corrected chi connectivity index (χ0v) is 9.35. The molecule has 0 radical (unpaired) electrons. The number of rotatable bonds is 2. The molecule has 2 heterocycles. The van der Waals surface area contributed by atoms with E-state index < -0.39 is 0 Å². The standard InChI is InChI=1S/C11H18N2O2/c1-8(2)11-10-9(6-15-12-10)4-3-5-13(11)7-14/h7-9,11H,3-6H2,1-2H3/t9-,11+/m1/s1. The molecule has 15 heavy (non-hydrogen) atoms. The fourth-order valence-electron chi connectivity index (χ4n) is 2.56. The molecule has 2 rings (SSSR count). The lowest BCUT2D eigenvalue weighted by Gasteiger charge is -2.29. The molecule has 0 aromatic carbocycles. The van der Waals surface area contributed by atoms with Crippen LogP contribution in [0.3, 0.4) is 0 Å². The Balaban J connectivity index is 2.26. The van der Waals surface area contributed by atoms with Gasteiger partial charge in [0.2, 0.25) is 6.41 Å².